The highest BCUT2D eigenvalue weighted by Crippen LogP contribution is 2.27. The maximum atomic E-state index is 6.26. The van der Waals surface area contributed by atoms with Crippen LogP contribution in [0.1, 0.15) is 25.0 Å². The van der Waals surface area contributed by atoms with Crippen molar-refractivity contribution in [2.24, 2.45) is 7.05 Å². The van der Waals surface area contributed by atoms with Gasteiger partial charge < -0.3 is 4.57 Å². The number of benzene rings is 1. The van der Waals surface area contributed by atoms with Crippen molar-refractivity contribution in [3.63, 3.8) is 0 Å². The number of piperidine rings is 1. The maximum absolute atomic E-state index is 6.26. The van der Waals surface area contributed by atoms with Gasteiger partial charge >= 0.3 is 0 Å². The number of rotatable bonds is 2. The highest BCUT2D eigenvalue weighted by molar-refractivity contribution is 6.35. The molecular formula is C15H19ClN2. The lowest BCUT2D eigenvalue weighted by Gasteiger charge is -2.26. The largest absolute Gasteiger partial charge is 0.346 e. The molecule has 96 valence electrons. The van der Waals surface area contributed by atoms with Crippen LogP contribution in [0.5, 0.6) is 0 Å². The Labute approximate surface area is 113 Å². The minimum Gasteiger partial charge on any atom is -0.346 e. The Bertz CT molecular complexity index is 553. The molecule has 0 bridgehead atoms. The van der Waals surface area contributed by atoms with Gasteiger partial charge in [-0.05, 0) is 44.1 Å². The third-order valence-electron chi connectivity index (χ3n) is 3.97. The summed E-state index contributed by atoms with van der Waals surface area (Å²) < 4.78 is 2.27. The molecule has 1 aromatic heterocycles. The Morgan fingerprint density at radius 2 is 1.94 bits per heavy atom. The number of fused-ring (bicyclic) bond motifs is 1. The van der Waals surface area contributed by atoms with E-state index in [1.54, 1.807) is 0 Å². The standard InChI is InChI=1S/C15H19ClN2/c1-17-12(11-18-8-3-2-4-9-18)10-13-14(16)6-5-7-15(13)17/h5-7,10H,2-4,8-9,11H2,1H3. The molecule has 3 rings (SSSR count). The lowest BCUT2D eigenvalue weighted by Crippen LogP contribution is -2.29. The first kappa shape index (κ1) is 12.1. The first-order chi connectivity index (χ1) is 8.75. The van der Waals surface area contributed by atoms with Gasteiger partial charge in [0.2, 0.25) is 0 Å². The molecule has 1 fully saturated rings. The fourth-order valence-electron chi connectivity index (χ4n) is 2.88. The molecule has 1 aliphatic heterocycles. The SMILES string of the molecule is Cn1c(CN2CCCCC2)cc2c(Cl)cccc21. The predicted octanol–water partition coefficient (Wildman–Crippen LogP) is 3.82. The van der Waals surface area contributed by atoms with Gasteiger partial charge in [0.25, 0.3) is 0 Å². The summed E-state index contributed by atoms with van der Waals surface area (Å²) in [6.45, 7) is 3.51. The van der Waals surface area contributed by atoms with Crippen LogP contribution in [-0.4, -0.2) is 22.6 Å². The van der Waals surface area contributed by atoms with Gasteiger partial charge in [-0.15, -0.1) is 0 Å². The van der Waals surface area contributed by atoms with Crippen molar-refractivity contribution >= 4 is 22.5 Å². The van der Waals surface area contributed by atoms with E-state index in [0.29, 0.717) is 0 Å². The Balaban J connectivity index is 1.92. The van der Waals surface area contributed by atoms with Crippen molar-refractivity contribution in [1.29, 1.82) is 0 Å². The topological polar surface area (TPSA) is 8.17 Å². The Hall–Kier alpha value is -0.990. The van der Waals surface area contributed by atoms with Gasteiger partial charge in [-0.1, -0.05) is 24.1 Å². The Morgan fingerprint density at radius 3 is 2.67 bits per heavy atom. The van der Waals surface area contributed by atoms with Crippen LogP contribution in [0, 0.1) is 0 Å². The molecule has 0 atom stereocenters. The smallest absolute Gasteiger partial charge is 0.0499 e. The zero-order valence-electron chi connectivity index (χ0n) is 10.8. The number of aryl methyl sites for hydroxylation is 1. The molecule has 2 nitrogen and oxygen atoms in total. The summed E-state index contributed by atoms with van der Waals surface area (Å²) in [6.07, 6.45) is 4.06. The number of nitrogens with zero attached hydrogens (tertiary/aromatic N) is 2. The molecular weight excluding hydrogens is 244 g/mol. The molecule has 0 unspecified atom stereocenters. The second-order valence-corrected chi connectivity index (χ2v) is 5.61. The molecule has 1 aromatic carbocycles. The molecule has 3 heteroatoms. The average Bonchev–Trinajstić information content (AvgIpc) is 2.70. The molecule has 1 aliphatic rings. The van der Waals surface area contributed by atoms with Crippen molar-refractivity contribution < 1.29 is 0 Å². The summed E-state index contributed by atoms with van der Waals surface area (Å²) in [5.41, 5.74) is 2.59. The van der Waals surface area contributed by atoms with Crippen molar-refractivity contribution in [3.05, 3.63) is 35.0 Å². The highest BCUT2D eigenvalue weighted by atomic mass is 35.5. The molecule has 18 heavy (non-hydrogen) atoms. The molecule has 1 saturated heterocycles. The van der Waals surface area contributed by atoms with Gasteiger partial charge in [-0.2, -0.15) is 0 Å². The summed E-state index contributed by atoms with van der Waals surface area (Å²) in [7, 11) is 2.14. The van der Waals surface area contributed by atoms with Crippen LogP contribution in [0.4, 0.5) is 0 Å². The fourth-order valence-corrected chi connectivity index (χ4v) is 3.10. The molecule has 2 aromatic rings. The second-order valence-electron chi connectivity index (χ2n) is 5.20. The van der Waals surface area contributed by atoms with Crippen LogP contribution < -0.4 is 0 Å². The van der Waals surface area contributed by atoms with Gasteiger partial charge in [-0.25, -0.2) is 0 Å². The van der Waals surface area contributed by atoms with E-state index in [2.05, 4.69) is 28.6 Å². The van der Waals surface area contributed by atoms with Crippen molar-refractivity contribution in [1.82, 2.24) is 9.47 Å². The van der Waals surface area contributed by atoms with Gasteiger partial charge in [0.1, 0.15) is 0 Å². The minimum atomic E-state index is 0.855. The summed E-state index contributed by atoms with van der Waals surface area (Å²) in [6, 6.07) is 8.37. The van der Waals surface area contributed by atoms with Crippen LogP contribution in [-0.2, 0) is 13.6 Å². The lowest BCUT2D eigenvalue weighted by molar-refractivity contribution is 0.217. The van der Waals surface area contributed by atoms with Crippen LogP contribution in [0.3, 0.4) is 0 Å². The van der Waals surface area contributed by atoms with E-state index in [0.717, 1.165) is 11.6 Å². The van der Waals surface area contributed by atoms with Crippen LogP contribution in [0.2, 0.25) is 5.02 Å². The van der Waals surface area contributed by atoms with E-state index in [1.165, 1.54) is 48.9 Å². The summed E-state index contributed by atoms with van der Waals surface area (Å²) >= 11 is 6.26. The fraction of sp³-hybridized carbons (Fsp3) is 0.467. The van der Waals surface area contributed by atoms with E-state index in [4.69, 9.17) is 11.6 Å². The minimum absolute atomic E-state index is 0.855. The average molecular weight is 263 g/mol. The van der Waals surface area contributed by atoms with Crippen LogP contribution >= 0.6 is 11.6 Å². The van der Waals surface area contributed by atoms with Gasteiger partial charge in [0, 0.05) is 35.2 Å². The number of hydrogen-bond donors (Lipinski definition) is 0. The molecule has 0 amide bonds. The molecule has 0 spiro atoms. The Morgan fingerprint density at radius 1 is 1.17 bits per heavy atom. The first-order valence-electron chi connectivity index (χ1n) is 6.71. The molecule has 0 N–H and O–H groups in total. The van der Waals surface area contributed by atoms with Gasteiger partial charge in [0.15, 0.2) is 0 Å². The quantitative estimate of drug-likeness (QED) is 0.799. The number of halogens is 1. The van der Waals surface area contributed by atoms with E-state index >= 15 is 0 Å². The molecule has 0 aliphatic carbocycles. The third-order valence-corrected chi connectivity index (χ3v) is 4.30. The number of hydrogen-bond acceptors (Lipinski definition) is 1. The predicted molar refractivity (Wildman–Crippen MR) is 77.1 cm³/mol. The van der Waals surface area contributed by atoms with Crippen molar-refractivity contribution in [2.75, 3.05) is 13.1 Å². The molecule has 0 saturated carbocycles. The van der Waals surface area contributed by atoms with E-state index in [9.17, 15) is 0 Å². The summed E-state index contributed by atoms with van der Waals surface area (Å²) in [4.78, 5) is 2.55. The zero-order chi connectivity index (χ0) is 12.5. The lowest BCUT2D eigenvalue weighted by atomic mass is 10.1. The van der Waals surface area contributed by atoms with Crippen molar-refractivity contribution in [2.45, 2.75) is 25.8 Å². The first-order valence-corrected chi connectivity index (χ1v) is 7.08. The zero-order valence-corrected chi connectivity index (χ0v) is 11.6. The number of aromatic nitrogens is 1. The highest BCUT2D eigenvalue weighted by Gasteiger charge is 2.14. The number of likely N-dealkylation sites (tertiary alicyclic amines) is 1. The van der Waals surface area contributed by atoms with E-state index in [1.807, 2.05) is 12.1 Å². The maximum Gasteiger partial charge on any atom is 0.0499 e. The third kappa shape index (κ3) is 2.15. The normalized spacial score (nSPS) is 17.4. The van der Waals surface area contributed by atoms with Crippen molar-refractivity contribution in [3.8, 4) is 0 Å². The second kappa shape index (κ2) is 4.94. The van der Waals surface area contributed by atoms with Crippen LogP contribution in [0.15, 0.2) is 24.3 Å². The summed E-state index contributed by atoms with van der Waals surface area (Å²) in [5, 5.41) is 2.03. The monoisotopic (exact) mass is 262 g/mol. The van der Waals surface area contributed by atoms with E-state index in [-0.39, 0.29) is 0 Å². The molecule has 0 radical (unpaired) electrons. The Kier molecular flexibility index (Phi) is 3.31. The van der Waals surface area contributed by atoms with Gasteiger partial charge in [-0.3, -0.25) is 4.90 Å². The van der Waals surface area contributed by atoms with E-state index < -0.39 is 0 Å². The van der Waals surface area contributed by atoms with Crippen LogP contribution in [0.25, 0.3) is 10.9 Å². The summed E-state index contributed by atoms with van der Waals surface area (Å²) in [5.74, 6) is 0. The van der Waals surface area contributed by atoms with Gasteiger partial charge in [0.05, 0.1) is 0 Å². The molecule has 2 heterocycles.